The van der Waals surface area contributed by atoms with Crippen LogP contribution in [0.25, 0.3) is 11.3 Å². The van der Waals surface area contributed by atoms with Crippen LogP contribution in [0.5, 0.6) is 5.75 Å². The van der Waals surface area contributed by atoms with Crippen LogP contribution in [0.2, 0.25) is 0 Å². The molecule has 1 N–H and O–H groups in total. The Morgan fingerprint density at radius 2 is 1.90 bits per heavy atom. The number of hydrogen-bond donors (Lipinski definition) is 1. The second-order valence-corrected chi connectivity index (χ2v) is 7.01. The summed E-state index contributed by atoms with van der Waals surface area (Å²) in [5, 5.41) is 12.5. The van der Waals surface area contributed by atoms with Gasteiger partial charge in [-0.25, -0.2) is 9.67 Å². The molecular formula is C20H15F2N5O2S. The maximum atomic E-state index is 12.6. The number of para-hydroxylation sites is 1. The number of thiazole rings is 1. The van der Waals surface area contributed by atoms with Gasteiger partial charge in [-0.15, -0.1) is 16.4 Å². The molecule has 4 aromatic rings. The van der Waals surface area contributed by atoms with Crippen molar-refractivity contribution >= 4 is 22.4 Å². The van der Waals surface area contributed by atoms with E-state index in [1.807, 2.05) is 30.3 Å². The van der Waals surface area contributed by atoms with Gasteiger partial charge in [-0.3, -0.25) is 10.1 Å². The van der Waals surface area contributed by atoms with Crippen molar-refractivity contribution in [3.8, 4) is 17.0 Å². The van der Waals surface area contributed by atoms with Gasteiger partial charge in [0.25, 0.3) is 5.91 Å². The summed E-state index contributed by atoms with van der Waals surface area (Å²) < 4.78 is 31.3. The molecule has 1 amide bonds. The molecule has 0 unspecified atom stereocenters. The number of halogens is 2. The number of rotatable bonds is 7. The molecule has 10 heteroatoms. The molecule has 0 fully saturated rings. The molecule has 0 spiro atoms. The Bertz CT molecular complexity index is 1150. The number of benzene rings is 2. The third-order valence-corrected chi connectivity index (χ3v) is 4.82. The van der Waals surface area contributed by atoms with Gasteiger partial charge in [0.2, 0.25) is 0 Å². The molecule has 0 aliphatic carbocycles. The van der Waals surface area contributed by atoms with Gasteiger partial charge in [0.1, 0.15) is 5.75 Å². The van der Waals surface area contributed by atoms with E-state index < -0.39 is 12.5 Å². The molecule has 0 aliphatic heterocycles. The number of ether oxygens (including phenoxy) is 1. The van der Waals surface area contributed by atoms with Crippen molar-refractivity contribution in [1.29, 1.82) is 0 Å². The first-order valence-corrected chi connectivity index (χ1v) is 9.71. The van der Waals surface area contributed by atoms with Crippen LogP contribution in [0.3, 0.4) is 0 Å². The lowest BCUT2D eigenvalue weighted by Gasteiger charge is -2.08. The topological polar surface area (TPSA) is 81.9 Å². The van der Waals surface area contributed by atoms with Crippen LogP contribution in [0, 0.1) is 0 Å². The zero-order valence-corrected chi connectivity index (χ0v) is 16.2. The third kappa shape index (κ3) is 4.66. The Labute approximate surface area is 174 Å². The molecule has 0 bridgehead atoms. The zero-order chi connectivity index (χ0) is 20.9. The number of nitrogens with one attached hydrogen (secondary N) is 1. The summed E-state index contributed by atoms with van der Waals surface area (Å²) in [6, 6.07) is 16.0. The van der Waals surface area contributed by atoms with Crippen molar-refractivity contribution in [2.24, 2.45) is 0 Å². The van der Waals surface area contributed by atoms with E-state index in [9.17, 15) is 13.6 Å². The summed E-state index contributed by atoms with van der Waals surface area (Å²) in [5.74, 6) is -0.452. The third-order valence-electron chi connectivity index (χ3n) is 4.06. The highest BCUT2D eigenvalue weighted by Crippen LogP contribution is 2.33. The molecule has 2 heterocycles. The van der Waals surface area contributed by atoms with Crippen molar-refractivity contribution in [3.05, 3.63) is 77.4 Å². The normalized spacial score (nSPS) is 10.9. The van der Waals surface area contributed by atoms with Crippen molar-refractivity contribution in [3.63, 3.8) is 0 Å². The number of amides is 1. The van der Waals surface area contributed by atoms with Gasteiger partial charge in [0.05, 0.1) is 18.4 Å². The first-order chi connectivity index (χ1) is 14.6. The van der Waals surface area contributed by atoms with Crippen LogP contribution >= 0.6 is 11.3 Å². The lowest BCUT2D eigenvalue weighted by molar-refractivity contribution is -0.0494. The van der Waals surface area contributed by atoms with Gasteiger partial charge in [0.15, 0.2) is 10.8 Å². The van der Waals surface area contributed by atoms with Crippen LogP contribution in [-0.2, 0) is 6.54 Å². The minimum absolute atomic E-state index is 0.0135. The van der Waals surface area contributed by atoms with Crippen LogP contribution < -0.4 is 10.1 Å². The van der Waals surface area contributed by atoms with E-state index >= 15 is 0 Å². The van der Waals surface area contributed by atoms with Crippen molar-refractivity contribution < 1.29 is 18.3 Å². The van der Waals surface area contributed by atoms with E-state index in [1.54, 1.807) is 34.5 Å². The highest BCUT2D eigenvalue weighted by Gasteiger charge is 2.16. The molecule has 0 atom stereocenters. The largest absolute Gasteiger partial charge is 0.434 e. The van der Waals surface area contributed by atoms with Crippen molar-refractivity contribution in [1.82, 2.24) is 20.0 Å². The molecule has 0 saturated carbocycles. The highest BCUT2D eigenvalue weighted by molar-refractivity contribution is 7.14. The summed E-state index contributed by atoms with van der Waals surface area (Å²) in [7, 11) is 0. The Hall–Kier alpha value is -3.66. The minimum Gasteiger partial charge on any atom is -0.434 e. The number of nitrogens with zero attached hydrogens (tertiary/aromatic N) is 4. The number of anilines is 1. The number of carbonyl (C=O) groups excluding carboxylic acids is 1. The molecule has 0 radical (unpaired) electrons. The molecule has 30 heavy (non-hydrogen) atoms. The fourth-order valence-electron chi connectivity index (χ4n) is 2.74. The second kappa shape index (κ2) is 8.78. The number of hydrogen-bond acceptors (Lipinski definition) is 6. The SMILES string of the molecule is O=C(Nc1nc(-c2ccccc2OC(F)F)cs1)c1cn(Cc2ccccc2)nn1. The van der Waals surface area contributed by atoms with Crippen molar-refractivity contribution in [2.75, 3.05) is 5.32 Å². The van der Waals surface area contributed by atoms with Gasteiger partial charge in [-0.05, 0) is 17.7 Å². The average Bonchev–Trinajstić information content (AvgIpc) is 3.39. The average molecular weight is 427 g/mol. The van der Waals surface area contributed by atoms with E-state index in [-0.39, 0.29) is 11.4 Å². The lowest BCUT2D eigenvalue weighted by atomic mass is 10.1. The molecular weight excluding hydrogens is 412 g/mol. The molecule has 0 saturated heterocycles. The van der Waals surface area contributed by atoms with Crippen LogP contribution in [0.4, 0.5) is 13.9 Å². The van der Waals surface area contributed by atoms with E-state index in [0.717, 1.165) is 16.9 Å². The van der Waals surface area contributed by atoms with Crippen LogP contribution in [-0.4, -0.2) is 32.5 Å². The van der Waals surface area contributed by atoms with Crippen LogP contribution in [0.1, 0.15) is 16.1 Å². The molecule has 152 valence electrons. The number of carbonyl (C=O) groups is 1. The molecule has 4 rings (SSSR count). The molecule has 7 nitrogen and oxygen atoms in total. The van der Waals surface area contributed by atoms with E-state index in [4.69, 9.17) is 0 Å². The van der Waals surface area contributed by atoms with Crippen molar-refractivity contribution in [2.45, 2.75) is 13.2 Å². The fraction of sp³-hybridized carbons (Fsp3) is 0.100. The molecule has 0 aliphatic rings. The Morgan fingerprint density at radius 3 is 2.70 bits per heavy atom. The summed E-state index contributed by atoms with van der Waals surface area (Å²) in [5.41, 5.74) is 2.00. The van der Waals surface area contributed by atoms with Gasteiger partial charge in [-0.1, -0.05) is 47.7 Å². The van der Waals surface area contributed by atoms with Gasteiger partial charge < -0.3 is 4.74 Å². The number of alkyl halides is 2. The Balaban J connectivity index is 1.45. The van der Waals surface area contributed by atoms with Gasteiger partial charge >= 0.3 is 6.61 Å². The summed E-state index contributed by atoms with van der Waals surface area (Å²) >= 11 is 1.16. The zero-order valence-electron chi connectivity index (χ0n) is 15.4. The monoisotopic (exact) mass is 427 g/mol. The Morgan fingerprint density at radius 1 is 1.13 bits per heavy atom. The predicted octanol–water partition coefficient (Wildman–Crippen LogP) is 4.30. The van der Waals surface area contributed by atoms with Gasteiger partial charge in [0, 0.05) is 10.9 Å². The highest BCUT2D eigenvalue weighted by atomic mass is 32.1. The minimum atomic E-state index is -2.94. The first-order valence-electron chi connectivity index (χ1n) is 8.83. The van der Waals surface area contributed by atoms with E-state index in [1.165, 1.54) is 6.07 Å². The number of aromatic nitrogens is 4. The summed E-state index contributed by atoms with van der Waals surface area (Å²) in [6.45, 7) is -2.45. The van der Waals surface area contributed by atoms with Crippen LogP contribution in [0.15, 0.2) is 66.2 Å². The van der Waals surface area contributed by atoms with E-state index in [2.05, 4.69) is 25.3 Å². The maximum absolute atomic E-state index is 12.6. The Kier molecular flexibility index (Phi) is 5.75. The summed E-state index contributed by atoms with van der Waals surface area (Å²) in [4.78, 5) is 16.7. The molecule has 2 aromatic carbocycles. The quantitative estimate of drug-likeness (QED) is 0.476. The van der Waals surface area contributed by atoms with E-state index in [0.29, 0.717) is 22.9 Å². The summed E-state index contributed by atoms with van der Waals surface area (Å²) in [6.07, 6.45) is 1.54. The first kappa shape index (κ1) is 19.6. The fourth-order valence-corrected chi connectivity index (χ4v) is 3.45. The predicted molar refractivity (Wildman–Crippen MR) is 108 cm³/mol. The smallest absolute Gasteiger partial charge is 0.387 e. The lowest BCUT2D eigenvalue weighted by Crippen LogP contribution is -2.12. The molecule has 2 aromatic heterocycles. The second-order valence-electron chi connectivity index (χ2n) is 6.15. The van der Waals surface area contributed by atoms with Gasteiger partial charge in [-0.2, -0.15) is 8.78 Å². The standard InChI is InChI=1S/C20H15F2N5O2S/c21-19(22)29-17-9-5-4-8-14(17)16-12-30-20(23-16)24-18(28)15-11-27(26-25-15)10-13-6-2-1-3-7-13/h1-9,11-12,19H,10H2,(H,23,24,28). The maximum Gasteiger partial charge on any atom is 0.387 e.